The van der Waals surface area contributed by atoms with Gasteiger partial charge < -0.3 is 15.7 Å². The van der Waals surface area contributed by atoms with E-state index in [-0.39, 0.29) is 0 Å². The smallest absolute Gasteiger partial charge is 0.191 e. The van der Waals surface area contributed by atoms with Crippen LogP contribution in [0.3, 0.4) is 0 Å². The minimum absolute atomic E-state index is 0.537. The van der Waals surface area contributed by atoms with Gasteiger partial charge in [-0.1, -0.05) is 25.7 Å². The van der Waals surface area contributed by atoms with Gasteiger partial charge in [-0.05, 0) is 32.6 Å². The summed E-state index contributed by atoms with van der Waals surface area (Å²) < 4.78 is 0. The van der Waals surface area contributed by atoms with Crippen LogP contribution in [0.25, 0.3) is 0 Å². The minimum atomic E-state index is -0.544. The molecule has 0 bridgehead atoms. The lowest BCUT2D eigenvalue weighted by atomic mass is 10.0. The van der Waals surface area contributed by atoms with Crippen molar-refractivity contribution in [3.63, 3.8) is 0 Å². The largest absolute Gasteiger partial charge is 0.388 e. The monoisotopic (exact) mass is 253 g/mol. The predicted molar refractivity (Wildman–Crippen MR) is 74.8 cm³/mol. The maximum absolute atomic E-state index is 10.3. The molecular formula is C14H27N3O. The van der Waals surface area contributed by atoms with Crippen molar-refractivity contribution >= 4 is 5.96 Å². The van der Waals surface area contributed by atoms with E-state index in [1.807, 2.05) is 0 Å². The van der Waals surface area contributed by atoms with Gasteiger partial charge in [0.1, 0.15) is 0 Å². The lowest BCUT2D eigenvalue weighted by molar-refractivity contribution is 0.0574. The highest BCUT2D eigenvalue weighted by molar-refractivity contribution is 5.80. The number of hydrogen-bond donors (Lipinski definition) is 3. The van der Waals surface area contributed by atoms with Crippen LogP contribution in [0.15, 0.2) is 4.99 Å². The Kier molecular flexibility index (Phi) is 4.87. The van der Waals surface area contributed by atoms with Gasteiger partial charge in [0, 0.05) is 12.6 Å². The molecule has 2 aliphatic rings. The van der Waals surface area contributed by atoms with Crippen LogP contribution in [-0.2, 0) is 0 Å². The van der Waals surface area contributed by atoms with Gasteiger partial charge in [-0.25, -0.2) is 0 Å². The lowest BCUT2D eigenvalue weighted by Crippen LogP contribution is -2.43. The van der Waals surface area contributed by atoms with Crippen molar-refractivity contribution in [2.24, 2.45) is 4.99 Å². The number of aliphatic imine (C=N–C) groups is 1. The Morgan fingerprint density at radius 2 is 1.89 bits per heavy atom. The topological polar surface area (TPSA) is 56.7 Å². The Morgan fingerprint density at radius 1 is 1.22 bits per heavy atom. The van der Waals surface area contributed by atoms with Crippen LogP contribution in [0, 0.1) is 0 Å². The van der Waals surface area contributed by atoms with Gasteiger partial charge in [0.05, 0.1) is 12.1 Å². The van der Waals surface area contributed by atoms with E-state index in [1.165, 1.54) is 25.7 Å². The van der Waals surface area contributed by atoms with Gasteiger partial charge in [0.15, 0.2) is 5.96 Å². The molecule has 0 heterocycles. The van der Waals surface area contributed by atoms with Gasteiger partial charge in [-0.2, -0.15) is 0 Å². The third-order valence-electron chi connectivity index (χ3n) is 4.11. The summed E-state index contributed by atoms with van der Waals surface area (Å²) in [4.78, 5) is 4.58. The molecule has 0 aliphatic heterocycles. The summed E-state index contributed by atoms with van der Waals surface area (Å²) in [6.45, 7) is 3.49. The van der Waals surface area contributed by atoms with Crippen LogP contribution < -0.4 is 10.6 Å². The fourth-order valence-electron chi connectivity index (χ4n) is 3.00. The zero-order valence-electron chi connectivity index (χ0n) is 11.5. The maximum Gasteiger partial charge on any atom is 0.191 e. The highest BCUT2D eigenvalue weighted by Crippen LogP contribution is 2.29. The molecule has 4 nitrogen and oxygen atoms in total. The van der Waals surface area contributed by atoms with E-state index < -0.39 is 5.60 Å². The summed E-state index contributed by atoms with van der Waals surface area (Å²) >= 11 is 0. The van der Waals surface area contributed by atoms with E-state index >= 15 is 0 Å². The average molecular weight is 253 g/mol. The number of aliphatic hydroxyl groups is 1. The molecule has 0 aromatic heterocycles. The summed E-state index contributed by atoms with van der Waals surface area (Å²) in [6, 6.07) is 0.570. The molecule has 0 radical (unpaired) electrons. The first-order valence-electron chi connectivity index (χ1n) is 7.49. The number of hydrogen-bond acceptors (Lipinski definition) is 2. The van der Waals surface area contributed by atoms with Crippen LogP contribution in [0.5, 0.6) is 0 Å². The zero-order chi connectivity index (χ0) is 12.8. The molecule has 0 amide bonds. The lowest BCUT2D eigenvalue weighted by Gasteiger charge is -2.22. The fraction of sp³-hybridized carbons (Fsp3) is 0.929. The highest BCUT2D eigenvalue weighted by Gasteiger charge is 2.30. The Bertz CT molecular complexity index is 279. The molecule has 2 rings (SSSR count). The van der Waals surface area contributed by atoms with Gasteiger partial charge in [0.2, 0.25) is 0 Å². The highest BCUT2D eigenvalue weighted by atomic mass is 16.3. The molecule has 0 spiro atoms. The quantitative estimate of drug-likeness (QED) is 0.529. The summed E-state index contributed by atoms with van der Waals surface area (Å²) in [5.41, 5.74) is -0.544. The van der Waals surface area contributed by atoms with E-state index in [2.05, 4.69) is 22.5 Å². The Hall–Kier alpha value is -0.770. The van der Waals surface area contributed by atoms with Crippen molar-refractivity contribution in [3.8, 4) is 0 Å². The summed E-state index contributed by atoms with van der Waals surface area (Å²) in [6.07, 6.45) is 9.21. The van der Waals surface area contributed by atoms with E-state index in [0.717, 1.165) is 38.2 Å². The first-order valence-corrected chi connectivity index (χ1v) is 7.49. The van der Waals surface area contributed by atoms with Gasteiger partial charge >= 0.3 is 0 Å². The maximum atomic E-state index is 10.3. The number of rotatable bonds is 4. The normalized spacial score (nSPS) is 24.4. The van der Waals surface area contributed by atoms with Crippen LogP contribution in [0.2, 0.25) is 0 Å². The molecule has 4 heteroatoms. The standard InChI is InChI=1S/C14H27N3O/c1-2-15-13(17-12-7-3-4-8-12)16-11-14(18)9-5-6-10-14/h12,18H,2-11H2,1H3,(H2,15,16,17). The number of nitrogens with one attached hydrogen (secondary N) is 2. The number of guanidine groups is 1. The minimum Gasteiger partial charge on any atom is -0.388 e. The zero-order valence-corrected chi connectivity index (χ0v) is 11.5. The van der Waals surface area contributed by atoms with Crippen LogP contribution in [-0.4, -0.2) is 35.8 Å². The third-order valence-corrected chi connectivity index (χ3v) is 4.11. The molecule has 3 N–H and O–H groups in total. The van der Waals surface area contributed by atoms with Crippen molar-refractivity contribution in [3.05, 3.63) is 0 Å². The molecule has 0 saturated heterocycles. The molecule has 2 aliphatic carbocycles. The van der Waals surface area contributed by atoms with Gasteiger partial charge in [-0.15, -0.1) is 0 Å². The molecule has 0 aromatic rings. The molecular weight excluding hydrogens is 226 g/mol. The van der Waals surface area contributed by atoms with Crippen molar-refractivity contribution in [1.29, 1.82) is 0 Å². The average Bonchev–Trinajstić information content (AvgIpc) is 2.99. The van der Waals surface area contributed by atoms with Crippen LogP contribution in [0.1, 0.15) is 58.3 Å². The molecule has 0 aromatic carbocycles. The molecule has 0 unspecified atom stereocenters. The van der Waals surface area contributed by atoms with Crippen LogP contribution in [0.4, 0.5) is 0 Å². The first kappa shape index (κ1) is 13.7. The van der Waals surface area contributed by atoms with Gasteiger partial charge in [0.25, 0.3) is 0 Å². The fourth-order valence-corrected chi connectivity index (χ4v) is 3.00. The van der Waals surface area contributed by atoms with E-state index in [4.69, 9.17) is 0 Å². The molecule has 2 saturated carbocycles. The Morgan fingerprint density at radius 3 is 2.50 bits per heavy atom. The summed E-state index contributed by atoms with van der Waals surface area (Å²) in [5.74, 6) is 0.879. The van der Waals surface area contributed by atoms with Crippen LogP contribution >= 0.6 is 0 Å². The van der Waals surface area contributed by atoms with E-state index in [0.29, 0.717) is 12.6 Å². The second kappa shape index (κ2) is 6.41. The Labute approximate surface area is 110 Å². The summed E-state index contributed by atoms with van der Waals surface area (Å²) in [7, 11) is 0. The molecule has 2 fully saturated rings. The van der Waals surface area contributed by atoms with Gasteiger partial charge in [-0.3, -0.25) is 4.99 Å². The Balaban J connectivity index is 1.86. The SMILES string of the molecule is CCNC(=NCC1(O)CCCC1)NC1CCCC1. The van der Waals surface area contributed by atoms with Crippen molar-refractivity contribution in [2.75, 3.05) is 13.1 Å². The number of nitrogens with zero attached hydrogens (tertiary/aromatic N) is 1. The summed E-state index contributed by atoms with van der Waals surface area (Å²) in [5, 5.41) is 17.1. The second-order valence-corrected chi connectivity index (χ2v) is 5.75. The first-order chi connectivity index (χ1) is 8.72. The van der Waals surface area contributed by atoms with E-state index in [9.17, 15) is 5.11 Å². The second-order valence-electron chi connectivity index (χ2n) is 5.75. The molecule has 104 valence electrons. The van der Waals surface area contributed by atoms with Crippen molar-refractivity contribution < 1.29 is 5.11 Å². The van der Waals surface area contributed by atoms with E-state index in [1.54, 1.807) is 0 Å². The van der Waals surface area contributed by atoms with Crippen molar-refractivity contribution in [2.45, 2.75) is 69.9 Å². The molecule has 18 heavy (non-hydrogen) atoms. The predicted octanol–water partition coefficient (Wildman–Crippen LogP) is 1.79. The van der Waals surface area contributed by atoms with Crippen molar-refractivity contribution in [1.82, 2.24) is 10.6 Å². The third kappa shape index (κ3) is 3.87. The molecule has 0 atom stereocenters.